The number of aromatic nitrogens is 6. The lowest BCUT2D eigenvalue weighted by Gasteiger charge is -2.17. The summed E-state index contributed by atoms with van der Waals surface area (Å²) in [4.78, 5) is 26.3. The number of benzene rings is 1. The molecule has 1 unspecified atom stereocenters. The molecule has 1 atom stereocenters. The minimum atomic E-state index is -0.813. The zero-order chi connectivity index (χ0) is 26.1. The highest BCUT2D eigenvalue weighted by Crippen LogP contribution is 2.29. The average molecular weight is 500 g/mol. The number of nitrogen functional groups attached to an aromatic ring is 1. The Bertz CT molecular complexity index is 1550. The molecule has 3 N–H and O–H groups in total. The third-order valence-corrected chi connectivity index (χ3v) is 6.33. The number of anilines is 2. The summed E-state index contributed by atoms with van der Waals surface area (Å²) in [6.07, 6.45) is 2.11. The Hall–Kier alpha value is -4.92. The Kier molecular flexibility index (Phi) is 6.19. The molecule has 0 saturated carbocycles. The van der Waals surface area contributed by atoms with Gasteiger partial charge in [-0.15, -0.1) is 5.10 Å². The summed E-state index contributed by atoms with van der Waals surface area (Å²) in [5.74, 6) is -1.49. The Balaban J connectivity index is 1.41. The number of nitriles is 1. The van der Waals surface area contributed by atoms with Gasteiger partial charge >= 0.3 is 5.97 Å². The fourth-order valence-electron chi connectivity index (χ4n) is 4.30. The highest BCUT2D eigenvalue weighted by atomic mass is 19.1. The van der Waals surface area contributed by atoms with Crippen LogP contribution in [-0.4, -0.2) is 54.1 Å². The number of carbonyl (C=O) groups is 1. The van der Waals surface area contributed by atoms with E-state index in [1.54, 1.807) is 25.1 Å². The van der Waals surface area contributed by atoms with Gasteiger partial charge in [0.15, 0.2) is 17.5 Å². The quantitative estimate of drug-likeness (QED) is 0.404. The van der Waals surface area contributed by atoms with Crippen LogP contribution < -0.4 is 10.6 Å². The number of rotatable bonds is 6. The highest BCUT2D eigenvalue weighted by Gasteiger charge is 2.28. The van der Waals surface area contributed by atoms with Crippen LogP contribution in [0.15, 0.2) is 42.6 Å². The summed E-state index contributed by atoms with van der Waals surface area (Å²) in [5, 5.41) is 26.8. The van der Waals surface area contributed by atoms with E-state index in [0.717, 1.165) is 0 Å². The minimum absolute atomic E-state index is 0.103. The molecule has 0 aliphatic carbocycles. The van der Waals surface area contributed by atoms with Gasteiger partial charge in [-0.25, -0.2) is 24.0 Å². The SMILES string of the molecule is Cc1c(C#N)cccc1-c1nc(N)c(F)c(-c2cn(Cc3cccc(N4CCC(C(=O)O)C4)n3)nn2)n1. The number of hydrogen-bond acceptors (Lipinski definition) is 9. The van der Waals surface area contributed by atoms with Crippen molar-refractivity contribution in [3.8, 4) is 28.8 Å². The average Bonchev–Trinajstić information content (AvgIpc) is 3.56. The zero-order valence-electron chi connectivity index (χ0n) is 19.8. The maximum atomic E-state index is 14.9. The van der Waals surface area contributed by atoms with E-state index in [0.29, 0.717) is 47.7 Å². The number of pyridine rings is 1. The molecule has 1 aliphatic rings. The van der Waals surface area contributed by atoms with Crippen molar-refractivity contribution in [3.05, 3.63) is 65.2 Å². The third-order valence-electron chi connectivity index (χ3n) is 6.33. The van der Waals surface area contributed by atoms with Crippen LogP contribution in [-0.2, 0) is 11.3 Å². The Morgan fingerprint density at radius 3 is 2.81 bits per heavy atom. The molecule has 0 radical (unpaired) electrons. The summed E-state index contributed by atoms with van der Waals surface area (Å²) < 4.78 is 16.4. The first-order chi connectivity index (χ1) is 17.8. The Morgan fingerprint density at radius 1 is 1.24 bits per heavy atom. The number of nitrogens with zero attached hydrogens (tertiary/aromatic N) is 8. The van der Waals surface area contributed by atoms with Crippen molar-refractivity contribution < 1.29 is 14.3 Å². The lowest BCUT2D eigenvalue weighted by atomic mass is 10.0. The molecule has 0 spiro atoms. The van der Waals surface area contributed by atoms with Gasteiger partial charge in [0.05, 0.1) is 36.0 Å². The number of halogens is 1. The summed E-state index contributed by atoms with van der Waals surface area (Å²) in [6, 6.07) is 12.7. The Labute approximate surface area is 211 Å². The van der Waals surface area contributed by atoms with Gasteiger partial charge in [-0.2, -0.15) is 5.26 Å². The van der Waals surface area contributed by atoms with Crippen LogP contribution in [0.5, 0.6) is 0 Å². The van der Waals surface area contributed by atoms with Crippen molar-refractivity contribution in [2.45, 2.75) is 19.9 Å². The second-order valence-corrected chi connectivity index (χ2v) is 8.74. The molecule has 1 saturated heterocycles. The van der Waals surface area contributed by atoms with Gasteiger partial charge in [-0.05, 0) is 37.1 Å². The zero-order valence-corrected chi connectivity index (χ0v) is 19.8. The number of carboxylic acids is 1. The van der Waals surface area contributed by atoms with Crippen LogP contribution in [0, 0.1) is 30.0 Å². The van der Waals surface area contributed by atoms with E-state index in [1.165, 1.54) is 10.9 Å². The minimum Gasteiger partial charge on any atom is -0.481 e. The van der Waals surface area contributed by atoms with E-state index in [4.69, 9.17) is 5.73 Å². The molecule has 3 aromatic heterocycles. The van der Waals surface area contributed by atoms with Gasteiger partial charge in [0, 0.05) is 18.7 Å². The van der Waals surface area contributed by atoms with Crippen molar-refractivity contribution in [2.24, 2.45) is 5.92 Å². The predicted molar refractivity (Wildman–Crippen MR) is 132 cm³/mol. The highest BCUT2D eigenvalue weighted by molar-refractivity contribution is 5.72. The standard InChI is InChI=1S/C25H22FN9O2/c1-14-15(10-27)4-2-6-18(14)24-30-22(21(26)23(28)31-24)19-13-35(33-32-19)12-17-5-3-7-20(29-17)34-9-8-16(11-34)25(36)37/h2-7,13,16H,8-9,11-12H2,1H3,(H,36,37)(H2,28,30,31). The van der Waals surface area contributed by atoms with Crippen LogP contribution in [0.2, 0.25) is 0 Å². The van der Waals surface area contributed by atoms with Crippen molar-refractivity contribution >= 4 is 17.6 Å². The Morgan fingerprint density at radius 2 is 2.05 bits per heavy atom. The first kappa shape index (κ1) is 23.8. The fourth-order valence-corrected chi connectivity index (χ4v) is 4.30. The van der Waals surface area contributed by atoms with Gasteiger partial charge in [-0.3, -0.25) is 4.79 Å². The first-order valence-corrected chi connectivity index (χ1v) is 11.5. The molecule has 12 heteroatoms. The van der Waals surface area contributed by atoms with Gasteiger partial charge < -0.3 is 15.7 Å². The van der Waals surface area contributed by atoms with Gasteiger partial charge in [0.25, 0.3) is 0 Å². The molecule has 1 fully saturated rings. The molecule has 5 rings (SSSR count). The maximum absolute atomic E-state index is 14.9. The van der Waals surface area contributed by atoms with Crippen LogP contribution in [0.1, 0.15) is 23.2 Å². The van der Waals surface area contributed by atoms with E-state index in [-0.39, 0.29) is 29.6 Å². The van der Waals surface area contributed by atoms with Crippen LogP contribution >= 0.6 is 0 Å². The molecular formula is C25H22FN9O2. The van der Waals surface area contributed by atoms with Crippen molar-refractivity contribution in [1.29, 1.82) is 5.26 Å². The number of hydrogen-bond donors (Lipinski definition) is 2. The van der Waals surface area contributed by atoms with Crippen molar-refractivity contribution in [1.82, 2.24) is 29.9 Å². The third kappa shape index (κ3) is 4.66. The normalized spacial score (nSPS) is 15.1. The van der Waals surface area contributed by atoms with Gasteiger partial charge in [0.1, 0.15) is 17.2 Å². The molecule has 1 aliphatic heterocycles. The van der Waals surface area contributed by atoms with Gasteiger partial charge in [0.2, 0.25) is 0 Å². The molecule has 37 heavy (non-hydrogen) atoms. The summed E-state index contributed by atoms with van der Waals surface area (Å²) >= 11 is 0. The summed E-state index contributed by atoms with van der Waals surface area (Å²) in [7, 11) is 0. The molecule has 186 valence electrons. The molecule has 4 aromatic rings. The topological polar surface area (TPSA) is 160 Å². The van der Waals surface area contributed by atoms with Crippen LogP contribution in [0.25, 0.3) is 22.8 Å². The molecule has 4 heterocycles. The molecule has 0 bridgehead atoms. The maximum Gasteiger partial charge on any atom is 0.308 e. The summed E-state index contributed by atoms with van der Waals surface area (Å²) in [6.45, 7) is 3.05. The summed E-state index contributed by atoms with van der Waals surface area (Å²) in [5.41, 5.74) is 8.28. The van der Waals surface area contributed by atoms with E-state index in [2.05, 4.69) is 31.3 Å². The molecule has 11 nitrogen and oxygen atoms in total. The lowest BCUT2D eigenvalue weighted by molar-refractivity contribution is -0.140. The van der Waals surface area contributed by atoms with Crippen molar-refractivity contribution in [3.63, 3.8) is 0 Å². The lowest BCUT2D eigenvalue weighted by Crippen LogP contribution is -2.23. The number of aliphatic carboxylic acids is 1. The molecule has 0 amide bonds. The van der Waals surface area contributed by atoms with E-state index < -0.39 is 17.7 Å². The van der Waals surface area contributed by atoms with Crippen LogP contribution in [0.3, 0.4) is 0 Å². The van der Waals surface area contributed by atoms with E-state index in [9.17, 15) is 19.6 Å². The number of nitrogens with two attached hydrogens (primary N) is 1. The monoisotopic (exact) mass is 499 g/mol. The number of carboxylic acid groups (broad SMARTS) is 1. The second-order valence-electron chi connectivity index (χ2n) is 8.74. The first-order valence-electron chi connectivity index (χ1n) is 11.5. The fraction of sp³-hybridized carbons (Fsp3) is 0.240. The van der Waals surface area contributed by atoms with Crippen LogP contribution in [0.4, 0.5) is 16.0 Å². The molecular weight excluding hydrogens is 477 g/mol. The predicted octanol–water partition coefficient (Wildman–Crippen LogP) is 2.66. The van der Waals surface area contributed by atoms with E-state index >= 15 is 0 Å². The largest absolute Gasteiger partial charge is 0.481 e. The second kappa shape index (κ2) is 9.62. The van der Waals surface area contributed by atoms with Gasteiger partial charge in [-0.1, -0.05) is 23.4 Å². The smallest absolute Gasteiger partial charge is 0.308 e. The van der Waals surface area contributed by atoms with Crippen molar-refractivity contribution in [2.75, 3.05) is 23.7 Å². The molecule has 1 aromatic carbocycles. The van der Waals surface area contributed by atoms with E-state index in [1.807, 2.05) is 23.1 Å².